The summed E-state index contributed by atoms with van der Waals surface area (Å²) in [6.07, 6.45) is 1.79. The van der Waals surface area contributed by atoms with E-state index in [0.717, 1.165) is 16.7 Å². The molecule has 16 heavy (non-hydrogen) atoms. The molecule has 0 saturated carbocycles. The maximum absolute atomic E-state index is 5.75. The summed E-state index contributed by atoms with van der Waals surface area (Å²) in [5.74, 6) is 1.85. The van der Waals surface area contributed by atoms with Gasteiger partial charge < -0.3 is 4.74 Å². The molecule has 1 heterocycles. The summed E-state index contributed by atoms with van der Waals surface area (Å²) in [6.45, 7) is 2.70. The van der Waals surface area contributed by atoms with E-state index in [-0.39, 0.29) is 0 Å². The summed E-state index contributed by atoms with van der Waals surface area (Å²) in [5.41, 5.74) is 0.957. The van der Waals surface area contributed by atoms with Crippen molar-refractivity contribution < 1.29 is 4.74 Å². The van der Waals surface area contributed by atoms with Gasteiger partial charge in [0.25, 0.3) is 0 Å². The van der Waals surface area contributed by atoms with Gasteiger partial charge in [-0.2, -0.15) is 0 Å². The zero-order valence-corrected chi connectivity index (χ0v) is 9.95. The molecule has 1 atom stereocenters. The maximum atomic E-state index is 5.75. The van der Waals surface area contributed by atoms with Crippen molar-refractivity contribution in [3.8, 4) is 5.75 Å². The molecule has 0 fully saturated rings. The van der Waals surface area contributed by atoms with Crippen LogP contribution in [-0.4, -0.2) is 17.5 Å². The number of benzene rings is 1. The van der Waals surface area contributed by atoms with Gasteiger partial charge in [0, 0.05) is 23.4 Å². The van der Waals surface area contributed by atoms with Gasteiger partial charge in [-0.25, -0.2) is 0 Å². The van der Waals surface area contributed by atoms with E-state index in [1.54, 1.807) is 6.20 Å². The maximum Gasteiger partial charge on any atom is 0.128 e. The van der Waals surface area contributed by atoms with Crippen molar-refractivity contribution in [2.75, 3.05) is 12.5 Å². The minimum absolute atomic E-state index is 0.355. The fourth-order valence-corrected chi connectivity index (χ4v) is 1.57. The Kier molecular flexibility index (Phi) is 3.62. The van der Waals surface area contributed by atoms with E-state index in [0.29, 0.717) is 18.4 Å². The minimum atomic E-state index is 0.355. The van der Waals surface area contributed by atoms with E-state index in [1.165, 1.54) is 0 Å². The molecule has 0 spiro atoms. The molecule has 0 amide bonds. The van der Waals surface area contributed by atoms with Gasteiger partial charge in [-0.15, -0.1) is 11.6 Å². The molecule has 0 N–H and O–H groups in total. The van der Waals surface area contributed by atoms with E-state index in [1.807, 2.05) is 30.3 Å². The molecule has 3 heteroatoms. The third kappa shape index (κ3) is 2.45. The summed E-state index contributed by atoms with van der Waals surface area (Å²) < 4.78 is 5.75. The highest BCUT2D eigenvalue weighted by molar-refractivity contribution is 6.18. The second-order valence-corrected chi connectivity index (χ2v) is 4.21. The van der Waals surface area contributed by atoms with Crippen LogP contribution in [0.3, 0.4) is 0 Å². The van der Waals surface area contributed by atoms with Gasteiger partial charge in [0.05, 0.1) is 12.1 Å². The van der Waals surface area contributed by atoms with Gasteiger partial charge in [0.2, 0.25) is 0 Å². The molecule has 1 unspecified atom stereocenters. The Balaban J connectivity index is 2.23. The Morgan fingerprint density at radius 1 is 1.31 bits per heavy atom. The van der Waals surface area contributed by atoms with Crippen LogP contribution in [-0.2, 0) is 0 Å². The molecule has 2 rings (SSSR count). The Bertz CT molecular complexity index is 467. The molecule has 0 aliphatic heterocycles. The first kappa shape index (κ1) is 11.2. The fourth-order valence-electron chi connectivity index (χ4n) is 1.48. The molecule has 0 aliphatic rings. The van der Waals surface area contributed by atoms with Crippen LogP contribution in [0.15, 0.2) is 36.5 Å². The van der Waals surface area contributed by atoms with E-state index >= 15 is 0 Å². The molecule has 84 valence electrons. The molecule has 1 aromatic heterocycles. The van der Waals surface area contributed by atoms with Gasteiger partial charge in [-0.05, 0) is 24.3 Å². The quantitative estimate of drug-likeness (QED) is 0.757. The fraction of sp³-hybridized carbons (Fsp3) is 0.308. The van der Waals surface area contributed by atoms with Gasteiger partial charge in [-0.3, -0.25) is 4.98 Å². The Morgan fingerprint density at radius 3 is 3.00 bits per heavy atom. The van der Waals surface area contributed by atoms with Crippen molar-refractivity contribution in [3.63, 3.8) is 0 Å². The topological polar surface area (TPSA) is 22.1 Å². The van der Waals surface area contributed by atoms with Crippen LogP contribution in [0.2, 0.25) is 0 Å². The lowest BCUT2D eigenvalue weighted by Gasteiger charge is -2.11. The third-order valence-electron chi connectivity index (χ3n) is 2.39. The van der Waals surface area contributed by atoms with E-state index in [2.05, 4.69) is 11.9 Å². The second kappa shape index (κ2) is 5.17. The molecular formula is C13H14ClNO. The number of aromatic nitrogens is 1. The molecule has 2 aromatic rings. The second-order valence-electron chi connectivity index (χ2n) is 3.90. The van der Waals surface area contributed by atoms with Crippen LogP contribution in [0.25, 0.3) is 10.9 Å². The number of rotatable bonds is 4. The summed E-state index contributed by atoms with van der Waals surface area (Å²) >= 11 is 5.74. The number of halogens is 1. The van der Waals surface area contributed by atoms with Gasteiger partial charge in [0.15, 0.2) is 0 Å². The van der Waals surface area contributed by atoms with Crippen molar-refractivity contribution in [3.05, 3.63) is 36.5 Å². The van der Waals surface area contributed by atoms with Crippen molar-refractivity contribution >= 4 is 22.5 Å². The molecule has 0 bridgehead atoms. The van der Waals surface area contributed by atoms with Gasteiger partial charge >= 0.3 is 0 Å². The molecule has 0 saturated heterocycles. The third-order valence-corrected chi connectivity index (χ3v) is 2.92. The number of hydrogen-bond donors (Lipinski definition) is 0. The van der Waals surface area contributed by atoms with Crippen molar-refractivity contribution in [1.29, 1.82) is 0 Å². The zero-order valence-electron chi connectivity index (χ0n) is 9.19. The lowest BCUT2D eigenvalue weighted by Crippen LogP contribution is -2.09. The van der Waals surface area contributed by atoms with Gasteiger partial charge in [0.1, 0.15) is 5.75 Å². The summed E-state index contributed by atoms with van der Waals surface area (Å²) in [4.78, 5) is 4.28. The highest BCUT2D eigenvalue weighted by atomic mass is 35.5. The van der Waals surface area contributed by atoms with Crippen LogP contribution in [0.4, 0.5) is 0 Å². The SMILES string of the molecule is CC(CCl)COc1cccc2ncccc12. The van der Waals surface area contributed by atoms with Crippen molar-refractivity contribution in [1.82, 2.24) is 4.98 Å². The molecular weight excluding hydrogens is 222 g/mol. The smallest absolute Gasteiger partial charge is 0.128 e. The number of pyridine rings is 1. The van der Waals surface area contributed by atoms with Crippen LogP contribution in [0.5, 0.6) is 5.75 Å². The zero-order chi connectivity index (χ0) is 11.4. The lowest BCUT2D eigenvalue weighted by atomic mass is 10.2. The van der Waals surface area contributed by atoms with Crippen LogP contribution < -0.4 is 4.74 Å². The predicted octanol–water partition coefficient (Wildman–Crippen LogP) is 3.49. The lowest BCUT2D eigenvalue weighted by molar-refractivity contribution is 0.276. The number of ether oxygens (including phenoxy) is 1. The predicted molar refractivity (Wildman–Crippen MR) is 67.1 cm³/mol. The van der Waals surface area contributed by atoms with E-state index in [4.69, 9.17) is 16.3 Å². The summed E-state index contributed by atoms with van der Waals surface area (Å²) in [6, 6.07) is 9.83. The van der Waals surface area contributed by atoms with Crippen molar-refractivity contribution in [2.45, 2.75) is 6.92 Å². The summed E-state index contributed by atoms with van der Waals surface area (Å²) in [5, 5.41) is 1.05. The Hall–Kier alpha value is -1.28. The average Bonchev–Trinajstić information content (AvgIpc) is 2.35. The monoisotopic (exact) mass is 235 g/mol. The largest absolute Gasteiger partial charge is 0.493 e. The highest BCUT2D eigenvalue weighted by Gasteiger charge is 2.04. The minimum Gasteiger partial charge on any atom is -0.493 e. The normalized spacial score (nSPS) is 12.6. The number of nitrogens with zero attached hydrogens (tertiary/aromatic N) is 1. The van der Waals surface area contributed by atoms with Gasteiger partial charge in [-0.1, -0.05) is 13.0 Å². The van der Waals surface area contributed by atoms with Crippen LogP contribution in [0, 0.1) is 5.92 Å². The first-order chi connectivity index (χ1) is 7.81. The first-order valence-corrected chi connectivity index (χ1v) is 5.87. The molecule has 1 aromatic carbocycles. The standard InChI is InChI=1S/C13H14ClNO/c1-10(8-14)9-16-13-6-2-5-12-11(13)4-3-7-15-12/h2-7,10H,8-9H2,1H3. The average molecular weight is 236 g/mol. The number of hydrogen-bond acceptors (Lipinski definition) is 2. The Labute approximate surface area is 100 Å². The molecule has 2 nitrogen and oxygen atoms in total. The van der Waals surface area contributed by atoms with Crippen molar-refractivity contribution in [2.24, 2.45) is 5.92 Å². The van der Waals surface area contributed by atoms with Crippen LogP contribution >= 0.6 is 11.6 Å². The van der Waals surface area contributed by atoms with Crippen LogP contribution in [0.1, 0.15) is 6.92 Å². The number of alkyl halides is 1. The first-order valence-electron chi connectivity index (χ1n) is 5.34. The molecule has 0 aliphatic carbocycles. The number of fused-ring (bicyclic) bond motifs is 1. The highest BCUT2D eigenvalue weighted by Crippen LogP contribution is 2.24. The van der Waals surface area contributed by atoms with E-state index < -0.39 is 0 Å². The Morgan fingerprint density at radius 2 is 2.19 bits per heavy atom. The molecule has 0 radical (unpaired) electrons. The van der Waals surface area contributed by atoms with E-state index in [9.17, 15) is 0 Å². The summed E-state index contributed by atoms with van der Waals surface area (Å²) in [7, 11) is 0.